The predicted molar refractivity (Wildman–Crippen MR) is 122 cm³/mol. The van der Waals surface area contributed by atoms with Crippen LogP contribution in [0.15, 0.2) is 78.0 Å². The number of aryl methyl sites for hydroxylation is 1. The van der Waals surface area contributed by atoms with E-state index in [1.54, 1.807) is 6.20 Å². The zero-order valence-corrected chi connectivity index (χ0v) is 18.2. The van der Waals surface area contributed by atoms with Crippen LogP contribution in [0.4, 0.5) is 0 Å². The van der Waals surface area contributed by atoms with Gasteiger partial charge < -0.3 is 4.52 Å². The Hall–Kier alpha value is -3.12. The molecule has 1 heterocycles. The van der Waals surface area contributed by atoms with Crippen LogP contribution in [-0.2, 0) is 0 Å². The highest BCUT2D eigenvalue weighted by molar-refractivity contribution is 5.65. The normalized spacial score (nSPS) is 11.6. The average Bonchev–Trinajstić information content (AvgIpc) is 3.23. The molecule has 29 heavy (non-hydrogen) atoms. The number of nitrogens with zero attached hydrogens (tertiary/aromatic N) is 2. The van der Waals surface area contributed by atoms with Crippen molar-refractivity contribution in [2.75, 3.05) is 0 Å². The minimum Gasteiger partial charge on any atom is -0.361 e. The Kier molecular flexibility index (Phi) is 10.8. The van der Waals surface area contributed by atoms with Gasteiger partial charge in [0.2, 0.25) is 0 Å². The van der Waals surface area contributed by atoms with Crippen molar-refractivity contribution in [2.24, 2.45) is 0 Å². The molecule has 2 unspecified atom stereocenters. The molecular weight excluding hydrogens is 356 g/mol. The smallest absolute Gasteiger partial charge is 0.141 e. The lowest BCUT2D eigenvalue weighted by Crippen LogP contribution is -2.11. The Balaban J connectivity index is 0.000000989. The highest BCUT2D eigenvalue weighted by atomic mass is 16.5. The van der Waals surface area contributed by atoms with Crippen molar-refractivity contribution in [1.82, 2.24) is 5.16 Å². The second-order valence-corrected chi connectivity index (χ2v) is 6.14. The van der Waals surface area contributed by atoms with Crippen molar-refractivity contribution in [3.8, 4) is 6.07 Å². The zero-order valence-electron chi connectivity index (χ0n) is 18.2. The van der Waals surface area contributed by atoms with Crippen molar-refractivity contribution in [1.29, 1.82) is 5.26 Å². The monoisotopic (exact) mass is 388 g/mol. The Morgan fingerprint density at radius 1 is 0.966 bits per heavy atom. The molecule has 0 N–H and O–H groups in total. The number of aromatic nitrogens is 1. The Morgan fingerprint density at radius 3 is 1.93 bits per heavy atom. The average molecular weight is 389 g/mol. The fourth-order valence-corrected chi connectivity index (χ4v) is 3.20. The molecule has 3 rings (SSSR count). The van der Waals surface area contributed by atoms with Gasteiger partial charge in [-0.1, -0.05) is 100 Å². The molecule has 0 fully saturated rings. The SMILES string of the molecule is C=C(CC(c1ccccc1)C(C#N)c1ccccc1)c1cnoc1C.CC.CC. The van der Waals surface area contributed by atoms with E-state index in [1.807, 2.05) is 83.1 Å². The molecule has 3 heteroatoms. The molecule has 0 bridgehead atoms. The first-order chi connectivity index (χ1) is 14.2. The zero-order chi connectivity index (χ0) is 21.6. The third kappa shape index (κ3) is 6.47. The molecule has 3 nitrogen and oxygen atoms in total. The molecular formula is C26H32N2O. The summed E-state index contributed by atoms with van der Waals surface area (Å²) < 4.78 is 5.17. The van der Waals surface area contributed by atoms with Gasteiger partial charge in [-0.05, 0) is 30.0 Å². The summed E-state index contributed by atoms with van der Waals surface area (Å²) in [6.07, 6.45) is 2.36. The van der Waals surface area contributed by atoms with E-state index in [0.717, 1.165) is 28.0 Å². The van der Waals surface area contributed by atoms with E-state index < -0.39 is 0 Å². The first kappa shape index (κ1) is 23.9. The molecule has 0 aliphatic heterocycles. The van der Waals surface area contributed by atoms with Crippen LogP contribution < -0.4 is 0 Å². The maximum absolute atomic E-state index is 9.90. The fourth-order valence-electron chi connectivity index (χ4n) is 3.20. The minimum atomic E-state index is -0.250. The van der Waals surface area contributed by atoms with Gasteiger partial charge >= 0.3 is 0 Å². The van der Waals surface area contributed by atoms with Crippen LogP contribution >= 0.6 is 0 Å². The van der Waals surface area contributed by atoms with Crippen LogP contribution in [0.5, 0.6) is 0 Å². The summed E-state index contributed by atoms with van der Waals surface area (Å²) >= 11 is 0. The summed E-state index contributed by atoms with van der Waals surface area (Å²) in [6.45, 7) is 14.1. The molecule has 0 spiro atoms. The lowest BCUT2D eigenvalue weighted by molar-refractivity contribution is 0.397. The van der Waals surface area contributed by atoms with E-state index in [9.17, 15) is 5.26 Å². The van der Waals surface area contributed by atoms with Crippen LogP contribution in [0.25, 0.3) is 5.57 Å². The van der Waals surface area contributed by atoms with Gasteiger partial charge in [-0.25, -0.2) is 0 Å². The molecule has 1 aromatic heterocycles. The van der Waals surface area contributed by atoms with Gasteiger partial charge in [0.05, 0.1) is 18.2 Å². The number of nitriles is 1. The molecule has 2 aromatic carbocycles. The number of hydrogen-bond acceptors (Lipinski definition) is 3. The summed E-state index contributed by atoms with van der Waals surface area (Å²) in [7, 11) is 0. The molecule has 2 atom stereocenters. The van der Waals surface area contributed by atoms with Crippen molar-refractivity contribution in [3.63, 3.8) is 0 Å². The minimum absolute atomic E-state index is 0.00963. The highest BCUT2D eigenvalue weighted by Crippen LogP contribution is 2.39. The van der Waals surface area contributed by atoms with Gasteiger partial charge in [0.25, 0.3) is 0 Å². The summed E-state index contributed by atoms with van der Waals surface area (Å²) in [5.74, 6) is 0.515. The maximum atomic E-state index is 9.90. The number of hydrogen-bond donors (Lipinski definition) is 0. The summed E-state index contributed by atoms with van der Waals surface area (Å²) in [5.41, 5.74) is 4.01. The first-order valence-corrected chi connectivity index (χ1v) is 10.3. The van der Waals surface area contributed by atoms with E-state index in [2.05, 4.69) is 29.9 Å². The van der Waals surface area contributed by atoms with Crippen LogP contribution in [0.1, 0.15) is 68.4 Å². The van der Waals surface area contributed by atoms with Crippen LogP contribution in [-0.4, -0.2) is 5.16 Å². The van der Waals surface area contributed by atoms with Gasteiger partial charge in [-0.15, -0.1) is 0 Å². The predicted octanol–water partition coefficient (Wildman–Crippen LogP) is 7.53. The summed E-state index contributed by atoms with van der Waals surface area (Å²) in [5, 5.41) is 13.7. The third-order valence-electron chi connectivity index (χ3n) is 4.53. The van der Waals surface area contributed by atoms with Gasteiger partial charge in [-0.3, -0.25) is 0 Å². The second kappa shape index (κ2) is 13.1. The first-order valence-electron chi connectivity index (χ1n) is 10.3. The van der Waals surface area contributed by atoms with Gasteiger partial charge in [-0.2, -0.15) is 5.26 Å². The highest BCUT2D eigenvalue weighted by Gasteiger charge is 2.26. The van der Waals surface area contributed by atoms with E-state index in [0.29, 0.717) is 6.42 Å². The van der Waals surface area contributed by atoms with Crippen molar-refractivity contribution < 1.29 is 4.52 Å². The van der Waals surface area contributed by atoms with Gasteiger partial charge in [0.1, 0.15) is 5.76 Å². The fraction of sp³-hybridized carbons (Fsp3) is 0.308. The van der Waals surface area contributed by atoms with Gasteiger partial charge in [0, 0.05) is 11.5 Å². The molecule has 0 saturated heterocycles. The lowest BCUT2D eigenvalue weighted by atomic mass is 9.78. The standard InChI is InChI=1S/C22H20N2O.2C2H6/c1-16(22-15-24-25-17(22)2)13-20(18-9-5-3-6-10-18)21(14-23)19-11-7-4-8-12-19;2*1-2/h3-12,15,20-21H,1,13H2,2H3;2*1-2H3. The molecule has 3 aromatic rings. The number of rotatable bonds is 6. The van der Waals surface area contributed by atoms with E-state index in [1.165, 1.54) is 0 Å². The Labute approximate surface area is 175 Å². The quantitative estimate of drug-likeness (QED) is 0.438. The maximum Gasteiger partial charge on any atom is 0.141 e. The Bertz CT molecular complexity index is 876. The summed E-state index contributed by atoms with van der Waals surface area (Å²) in [4.78, 5) is 0. The van der Waals surface area contributed by atoms with Crippen molar-refractivity contribution in [2.45, 2.75) is 52.9 Å². The topological polar surface area (TPSA) is 49.8 Å². The molecule has 0 saturated carbocycles. The molecule has 0 amide bonds. The molecule has 0 radical (unpaired) electrons. The second-order valence-electron chi connectivity index (χ2n) is 6.14. The van der Waals surface area contributed by atoms with E-state index in [-0.39, 0.29) is 11.8 Å². The third-order valence-corrected chi connectivity index (χ3v) is 4.53. The molecule has 0 aliphatic rings. The van der Waals surface area contributed by atoms with Crippen LogP contribution in [0.2, 0.25) is 0 Å². The van der Waals surface area contributed by atoms with Crippen LogP contribution in [0, 0.1) is 18.3 Å². The van der Waals surface area contributed by atoms with Gasteiger partial charge in [0.15, 0.2) is 0 Å². The number of benzene rings is 2. The molecule has 0 aliphatic carbocycles. The largest absolute Gasteiger partial charge is 0.361 e. The van der Waals surface area contributed by atoms with Crippen molar-refractivity contribution in [3.05, 3.63) is 95.9 Å². The number of allylic oxidation sites excluding steroid dienone is 1. The molecule has 152 valence electrons. The lowest BCUT2D eigenvalue weighted by Gasteiger charge is -2.24. The van der Waals surface area contributed by atoms with E-state index >= 15 is 0 Å². The summed E-state index contributed by atoms with van der Waals surface area (Å²) in [6, 6.07) is 22.6. The Morgan fingerprint density at radius 2 is 1.48 bits per heavy atom. The van der Waals surface area contributed by atoms with Crippen molar-refractivity contribution >= 4 is 5.57 Å². The van der Waals surface area contributed by atoms with E-state index in [4.69, 9.17) is 4.52 Å². The van der Waals surface area contributed by atoms with Crippen LogP contribution in [0.3, 0.4) is 0 Å².